The van der Waals surface area contributed by atoms with Crippen molar-refractivity contribution < 1.29 is 14.6 Å². The summed E-state index contributed by atoms with van der Waals surface area (Å²) < 4.78 is 15.2. The minimum atomic E-state index is -0.965. The lowest BCUT2D eigenvalue weighted by Gasteiger charge is -2.22. The Bertz CT molecular complexity index is 1360. The summed E-state index contributed by atoms with van der Waals surface area (Å²) in [7, 11) is 3.48. The van der Waals surface area contributed by atoms with Crippen molar-refractivity contribution in [2.45, 2.75) is 19.8 Å². The van der Waals surface area contributed by atoms with Crippen LogP contribution < -0.4 is 14.8 Å². The lowest BCUT2D eigenvalue weighted by molar-refractivity contribution is 0.134. The smallest absolute Gasteiger partial charge is 0.150 e. The number of aromatic nitrogens is 4. The van der Waals surface area contributed by atoms with Crippen LogP contribution >= 0.6 is 23.2 Å². The average Bonchev–Trinajstić information content (AvgIpc) is 3.41. The van der Waals surface area contributed by atoms with Gasteiger partial charge < -0.3 is 14.6 Å². The predicted molar refractivity (Wildman–Crippen MR) is 131 cm³/mol. The molecule has 2 aromatic carbocycles. The Labute approximate surface area is 206 Å². The van der Waals surface area contributed by atoms with Crippen molar-refractivity contribution in [3.05, 3.63) is 63.9 Å². The molecule has 2 N–H and O–H groups in total. The van der Waals surface area contributed by atoms with Crippen molar-refractivity contribution in [2.75, 3.05) is 13.7 Å². The quantitative estimate of drug-likeness (QED) is 0.372. The number of fused-ring (bicyclic) bond motifs is 3. The van der Waals surface area contributed by atoms with E-state index in [1.54, 1.807) is 34.7 Å². The normalized spacial score (nSPS) is 13.2. The zero-order chi connectivity index (χ0) is 24.0. The molecular formula is C24H23Cl2N5O3. The van der Waals surface area contributed by atoms with Crippen LogP contribution in [0.15, 0.2) is 42.6 Å². The molecule has 34 heavy (non-hydrogen) atoms. The number of aryl methyl sites for hydroxylation is 1. The molecule has 0 spiro atoms. The summed E-state index contributed by atoms with van der Waals surface area (Å²) in [5.41, 5.74) is 5.07. The third-order valence-corrected chi connectivity index (χ3v) is 6.12. The molecule has 1 atom stereocenters. The van der Waals surface area contributed by atoms with Crippen LogP contribution in [0.25, 0.3) is 28.2 Å². The molecule has 0 saturated carbocycles. The summed E-state index contributed by atoms with van der Waals surface area (Å²) in [5, 5.41) is 24.1. The van der Waals surface area contributed by atoms with Gasteiger partial charge in [-0.15, -0.1) is 0 Å². The van der Waals surface area contributed by atoms with Crippen LogP contribution in [0.2, 0.25) is 10.0 Å². The number of aliphatic hydroxyl groups is 1. The van der Waals surface area contributed by atoms with Crippen molar-refractivity contribution in [1.29, 1.82) is 0 Å². The van der Waals surface area contributed by atoms with E-state index in [-0.39, 0.29) is 6.61 Å². The van der Waals surface area contributed by atoms with E-state index in [9.17, 15) is 5.11 Å². The van der Waals surface area contributed by atoms with Gasteiger partial charge in [-0.25, -0.2) is 4.68 Å². The molecule has 1 unspecified atom stereocenters. The molecule has 1 aliphatic heterocycles. The van der Waals surface area contributed by atoms with E-state index in [1.807, 2.05) is 38.4 Å². The van der Waals surface area contributed by atoms with E-state index >= 15 is 0 Å². The summed E-state index contributed by atoms with van der Waals surface area (Å²) in [6.07, 6.45) is 0.910. The van der Waals surface area contributed by atoms with Gasteiger partial charge >= 0.3 is 0 Å². The molecule has 1 aliphatic rings. The molecule has 3 heterocycles. The van der Waals surface area contributed by atoms with Crippen molar-refractivity contribution in [3.8, 4) is 39.7 Å². The maximum Gasteiger partial charge on any atom is 0.150 e. The molecule has 0 bridgehead atoms. The second kappa shape index (κ2) is 8.96. The van der Waals surface area contributed by atoms with Crippen LogP contribution in [0.5, 0.6) is 11.5 Å². The molecule has 176 valence electrons. The predicted octanol–water partition coefficient (Wildman–Crippen LogP) is 4.75. The lowest BCUT2D eigenvalue weighted by atomic mass is 9.97. The lowest BCUT2D eigenvalue weighted by Crippen LogP contribution is -2.22. The first-order valence-corrected chi connectivity index (χ1v) is 11.5. The minimum Gasteiger partial charge on any atom is -0.496 e. The Morgan fingerprint density at radius 1 is 1.15 bits per heavy atom. The van der Waals surface area contributed by atoms with E-state index in [0.717, 1.165) is 28.1 Å². The molecule has 0 amide bonds. The Balaban J connectivity index is 1.78. The first-order valence-electron chi connectivity index (χ1n) is 10.7. The summed E-state index contributed by atoms with van der Waals surface area (Å²) >= 11 is 12.6. The van der Waals surface area contributed by atoms with Gasteiger partial charge in [-0.05, 0) is 36.9 Å². The van der Waals surface area contributed by atoms with Crippen LogP contribution in [-0.4, -0.2) is 38.3 Å². The molecule has 10 heteroatoms. The molecule has 0 aliphatic carbocycles. The first-order chi connectivity index (χ1) is 16.4. The van der Waals surface area contributed by atoms with Crippen molar-refractivity contribution in [3.63, 3.8) is 0 Å². The Hall–Kier alpha value is -3.04. The number of halogens is 2. The maximum atomic E-state index is 10.8. The second-order valence-corrected chi connectivity index (χ2v) is 8.80. The molecule has 0 saturated heterocycles. The topological polar surface area (TPSA) is 86.4 Å². The Morgan fingerprint density at radius 2 is 1.91 bits per heavy atom. The van der Waals surface area contributed by atoms with Crippen molar-refractivity contribution in [1.82, 2.24) is 24.9 Å². The number of aliphatic hydroxyl groups excluding tert-OH is 1. The second-order valence-electron chi connectivity index (χ2n) is 7.92. The number of nitrogens with one attached hydrogen (secondary N) is 1. The number of rotatable bonds is 6. The van der Waals surface area contributed by atoms with Crippen LogP contribution in [0, 0.1) is 0 Å². The fraction of sp³-hybridized carbons (Fsp3) is 0.250. The molecule has 0 radical (unpaired) electrons. The summed E-state index contributed by atoms with van der Waals surface area (Å²) in [6.45, 7) is 2.73. The minimum absolute atomic E-state index is 0.237. The van der Waals surface area contributed by atoms with Gasteiger partial charge in [-0.1, -0.05) is 30.1 Å². The zero-order valence-electron chi connectivity index (χ0n) is 18.8. The van der Waals surface area contributed by atoms with Crippen LogP contribution in [0.1, 0.15) is 24.4 Å². The zero-order valence-corrected chi connectivity index (χ0v) is 20.4. The van der Waals surface area contributed by atoms with Gasteiger partial charge in [0.05, 0.1) is 24.2 Å². The van der Waals surface area contributed by atoms with Gasteiger partial charge in [0.2, 0.25) is 0 Å². The van der Waals surface area contributed by atoms with E-state index in [2.05, 4.69) is 10.4 Å². The van der Waals surface area contributed by atoms with E-state index in [1.165, 1.54) is 0 Å². The number of methoxy groups -OCH3 is 1. The van der Waals surface area contributed by atoms with Crippen LogP contribution in [0.4, 0.5) is 0 Å². The molecule has 5 rings (SSSR count). The average molecular weight is 500 g/mol. The highest BCUT2D eigenvalue weighted by Crippen LogP contribution is 2.46. The van der Waals surface area contributed by atoms with Gasteiger partial charge in [0, 0.05) is 46.0 Å². The standard InChI is InChI=1S/C24H23Cl2N5O3/c1-4-27-24(32)22-18-12-34-21-11-20(33-3)16(19-5-6-30(2)28-19)10-17(21)23(18)31(29-22)15-8-13(25)7-14(26)9-15/h5-11,24,27,32H,4,12H2,1-3H3. The molecular weight excluding hydrogens is 477 g/mol. The number of hydrogen-bond donors (Lipinski definition) is 2. The number of ether oxygens (including phenoxy) is 2. The van der Waals surface area contributed by atoms with Gasteiger partial charge in [0.25, 0.3) is 0 Å². The largest absolute Gasteiger partial charge is 0.496 e. The van der Waals surface area contributed by atoms with E-state index in [4.69, 9.17) is 37.8 Å². The number of nitrogens with zero attached hydrogens (tertiary/aromatic N) is 4. The number of benzene rings is 2. The number of hydrogen-bond acceptors (Lipinski definition) is 6. The van der Waals surface area contributed by atoms with Crippen LogP contribution in [-0.2, 0) is 13.7 Å². The van der Waals surface area contributed by atoms with E-state index < -0.39 is 6.23 Å². The SMILES string of the molecule is CCNC(O)c1nn(-c2cc(Cl)cc(Cl)c2)c2c1COc1cc(OC)c(-c3ccn(C)n3)cc1-2. The van der Waals surface area contributed by atoms with Gasteiger partial charge in [-0.2, -0.15) is 10.2 Å². The van der Waals surface area contributed by atoms with Gasteiger partial charge in [0.15, 0.2) is 0 Å². The molecule has 0 fully saturated rings. The Kier molecular flexibility index (Phi) is 5.99. The highest BCUT2D eigenvalue weighted by molar-refractivity contribution is 6.34. The van der Waals surface area contributed by atoms with Crippen molar-refractivity contribution >= 4 is 23.2 Å². The molecule has 8 nitrogen and oxygen atoms in total. The first kappa shape index (κ1) is 22.7. The summed E-state index contributed by atoms with van der Waals surface area (Å²) in [6, 6.07) is 11.0. The highest BCUT2D eigenvalue weighted by atomic mass is 35.5. The van der Waals surface area contributed by atoms with Gasteiger partial charge in [0.1, 0.15) is 30.0 Å². The van der Waals surface area contributed by atoms with Gasteiger partial charge in [-0.3, -0.25) is 10.00 Å². The fourth-order valence-electron chi connectivity index (χ4n) is 4.19. The Morgan fingerprint density at radius 3 is 2.56 bits per heavy atom. The fourth-order valence-corrected chi connectivity index (χ4v) is 4.70. The highest BCUT2D eigenvalue weighted by Gasteiger charge is 2.31. The monoisotopic (exact) mass is 499 g/mol. The maximum absolute atomic E-state index is 10.8. The van der Waals surface area contributed by atoms with Crippen molar-refractivity contribution in [2.24, 2.45) is 7.05 Å². The third kappa shape index (κ3) is 3.92. The summed E-state index contributed by atoms with van der Waals surface area (Å²) in [5.74, 6) is 1.29. The molecule has 2 aromatic heterocycles. The van der Waals surface area contributed by atoms with Crippen LogP contribution in [0.3, 0.4) is 0 Å². The third-order valence-electron chi connectivity index (χ3n) is 5.68. The summed E-state index contributed by atoms with van der Waals surface area (Å²) in [4.78, 5) is 0. The molecule has 4 aromatic rings. The van der Waals surface area contributed by atoms with E-state index in [0.29, 0.717) is 39.5 Å².